The molecule has 8 nitrogen and oxygen atoms in total. The van der Waals surface area contributed by atoms with E-state index < -0.39 is 12.1 Å². The predicted octanol–water partition coefficient (Wildman–Crippen LogP) is 0.737. The maximum Gasteiger partial charge on any atom is 0.251 e. The molecule has 3 heterocycles. The molecule has 2 amide bonds. The van der Waals surface area contributed by atoms with Crippen molar-refractivity contribution < 1.29 is 19.1 Å². The van der Waals surface area contributed by atoms with Gasteiger partial charge in [-0.05, 0) is 26.0 Å². The van der Waals surface area contributed by atoms with Crippen molar-refractivity contribution in [1.82, 2.24) is 19.8 Å². The highest BCUT2D eigenvalue weighted by molar-refractivity contribution is 8.00. The van der Waals surface area contributed by atoms with Gasteiger partial charge in [0.1, 0.15) is 18.5 Å². The van der Waals surface area contributed by atoms with Crippen LogP contribution in [0.3, 0.4) is 0 Å². The Kier molecular flexibility index (Phi) is 6.44. The Morgan fingerprint density at radius 2 is 2.19 bits per heavy atom. The molecule has 9 heteroatoms. The fourth-order valence-corrected chi connectivity index (χ4v) is 4.52. The molecule has 1 aromatic rings. The lowest BCUT2D eigenvalue weighted by Crippen LogP contribution is -2.56. The number of nitrogens with one attached hydrogen (secondary N) is 1. The molecule has 0 saturated carbocycles. The summed E-state index contributed by atoms with van der Waals surface area (Å²) in [6.45, 7) is 4.29. The fourth-order valence-electron chi connectivity index (χ4n) is 3.73. The topological polar surface area (TPSA) is 85.7 Å². The van der Waals surface area contributed by atoms with Crippen molar-refractivity contribution >= 4 is 23.6 Å². The fraction of sp³-hybridized carbons (Fsp3) is 0.722. The van der Waals surface area contributed by atoms with Crippen LogP contribution in [0.5, 0.6) is 0 Å². The number of aromatic nitrogens is 2. The van der Waals surface area contributed by atoms with Crippen LogP contribution in [-0.2, 0) is 26.1 Å². The van der Waals surface area contributed by atoms with Crippen molar-refractivity contribution in [3.8, 4) is 0 Å². The lowest BCUT2D eigenvalue weighted by molar-refractivity contribution is -0.164. The molecule has 2 aliphatic rings. The Labute approximate surface area is 164 Å². The van der Waals surface area contributed by atoms with Gasteiger partial charge in [0.05, 0.1) is 0 Å². The third-order valence-electron chi connectivity index (χ3n) is 5.47. The number of likely N-dealkylation sites (N-methyl/N-ethyl adjacent to an activating group) is 1. The van der Waals surface area contributed by atoms with Crippen LogP contribution in [-0.4, -0.2) is 76.3 Å². The highest BCUT2D eigenvalue weighted by Gasteiger charge is 2.43. The quantitative estimate of drug-likeness (QED) is 0.763. The van der Waals surface area contributed by atoms with Crippen molar-refractivity contribution in [1.29, 1.82) is 0 Å². The van der Waals surface area contributed by atoms with Crippen LogP contribution in [0.1, 0.15) is 31.6 Å². The number of imidazole rings is 1. The highest BCUT2D eigenvalue weighted by Crippen LogP contribution is 2.34. The Bertz CT molecular complexity index is 674. The molecule has 2 fully saturated rings. The van der Waals surface area contributed by atoms with Gasteiger partial charge in [-0.1, -0.05) is 0 Å². The number of carbonyl (C=O) groups excluding carboxylic acids is 2. The molecule has 150 valence electrons. The zero-order chi connectivity index (χ0) is 19.4. The van der Waals surface area contributed by atoms with Gasteiger partial charge in [-0.15, -0.1) is 0 Å². The molecule has 2 aliphatic heterocycles. The summed E-state index contributed by atoms with van der Waals surface area (Å²) in [5.74, 6) is 0.323. The largest absolute Gasteiger partial charge is 0.381 e. The zero-order valence-electron chi connectivity index (χ0n) is 16.1. The van der Waals surface area contributed by atoms with E-state index in [0.717, 1.165) is 12.8 Å². The minimum absolute atomic E-state index is 0.0123. The van der Waals surface area contributed by atoms with Crippen LogP contribution < -0.4 is 5.32 Å². The third kappa shape index (κ3) is 4.14. The standard InChI is InChI=1S/C18H28N4O4S/c1-4-22-13(23)11-26-15(14(22)16-19-7-8-21(16)2)17(24)20-12-18(27-3)5-9-25-10-6-18/h7-8,14-15H,4-6,9-12H2,1-3H3,(H,20,24)/t14-,15-/m0/s1. The Morgan fingerprint density at radius 3 is 2.78 bits per heavy atom. The van der Waals surface area contributed by atoms with Gasteiger partial charge in [0.15, 0.2) is 6.10 Å². The van der Waals surface area contributed by atoms with Crippen molar-refractivity contribution in [2.75, 3.05) is 39.2 Å². The maximum atomic E-state index is 13.0. The summed E-state index contributed by atoms with van der Waals surface area (Å²) in [6, 6.07) is -0.531. The number of ether oxygens (including phenoxy) is 2. The molecule has 0 unspecified atom stereocenters. The van der Waals surface area contributed by atoms with E-state index in [4.69, 9.17) is 9.47 Å². The van der Waals surface area contributed by atoms with Crippen LogP contribution >= 0.6 is 11.8 Å². The number of morpholine rings is 1. The molecule has 3 rings (SSSR count). The summed E-state index contributed by atoms with van der Waals surface area (Å²) in [7, 11) is 1.86. The van der Waals surface area contributed by atoms with Crippen LogP contribution in [0.25, 0.3) is 0 Å². The molecule has 0 radical (unpaired) electrons. The monoisotopic (exact) mass is 396 g/mol. The van der Waals surface area contributed by atoms with E-state index in [2.05, 4.69) is 16.6 Å². The van der Waals surface area contributed by atoms with Crippen molar-refractivity contribution in [3.63, 3.8) is 0 Å². The second-order valence-corrected chi connectivity index (χ2v) is 8.24. The van der Waals surface area contributed by atoms with Crippen LogP contribution in [0, 0.1) is 0 Å². The number of nitrogens with zero attached hydrogens (tertiary/aromatic N) is 3. The van der Waals surface area contributed by atoms with Gasteiger partial charge in [-0.2, -0.15) is 11.8 Å². The van der Waals surface area contributed by atoms with Gasteiger partial charge in [0.2, 0.25) is 5.91 Å². The van der Waals surface area contributed by atoms with Gasteiger partial charge in [0.25, 0.3) is 5.91 Å². The number of thioether (sulfide) groups is 1. The first-order chi connectivity index (χ1) is 13.0. The normalized spacial score (nSPS) is 25.4. The molecule has 0 aliphatic carbocycles. The first kappa shape index (κ1) is 20.2. The third-order valence-corrected chi connectivity index (χ3v) is 6.89. The van der Waals surface area contributed by atoms with Gasteiger partial charge >= 0.3 is 0 Å². The number of rotatable bonds is 6. The summed E-state index contributed by atoms with van der Waals surface area (Å²) in [4.78, 5) is 31.4. The molecule has 1 N–H and O–H groups in total. The maximum absolute atomic E-state index is 13.0. The Balaban J connectivity index is 1.77. The lowest BCUT2D eigenvalue weighted by atomic mass is 9.98. The zero-order valence-corrected chi connectivity index (χ0v) is 17.0. The number of hydrogen-bond donors (Lipinski definition) is 1. The minimum Gasteiger partial charge on any atom is -0.381 e. The van der Waals surface area contributed by atoms with E-state index >= 15 is 0 Å². The lowest BCUT2D eigenvalue weighted by Gasteiger charge is -2.40. The SMILES string of the molecule is CCN1C(=O)CO[C@H](C(=O)NCC2(SC)CCOCC2)[C@H]1c1nccn1C. The molecule has 1 aromatic heterocycles. The van der Waals surface area contributed by atoms with E-state index in [1.54, 1.807) is 22.9 Å². The molecule has 2 saturated heterocycles. The van der Waals surface area contributed by atoms with Crippen molar-refractivity contribution in [3.05, 3.63) is 18.2 Å². The highest BCUT2D eigenvalue weighted by atomic mass is 32.2. The van der Waals surface area contributed by atoms with Crippen molar-refractivity contribution in [2.24, 2.45) is 7.05 Å². The van der Waals surface area contributed by atoms with Crippen LogP contribution in [0.15, 0.2) is 12.4 Å². The predicted molar refractivity (Wildman–Crippen MR) is 102 cm³/mol. The number of carbonyl (C=O) groups is 2. The van der Waals surface area contributed by atoms with Crippen molar-refractivity contribution in [2.45, 2.75) is 36.7 Å². The number of amides is 2. The molecular weight excluding hydrogens is 368 g/mol. The Morgan fingerprint density at radius 1 is 1.44 bits per heavy atom. The second-order valence-electron chi connectivity index (χ2n) is 6.97. The van der Waals surface area contributed by atoms with Gasteiger partial charge in [-0.3, -0.25) is 9.59 Å². The van der Waals surface area contributed by atoms with E-state index in [1.165, 1.54) is 0 Å². The van der Waals surface area contributed by atoms with E-state index in [1.807, 2.05) is 24.7 Å². The summed E-state index contributed by atoms with van der Waals surface area (Å²) in [5, 5.41) is 3.07. The van der Waals surface area contributed by atoms with Crippen LogP contribution in [0.4, 0.5) is 0 Å². The molecule has 2 atom stereocenters. The summed E-state index contributed by atoms with van der Waals surface area (Å²) >= 11 is 1.77. The van der Waals surface area contributed by atoms with E-state index in [9.17, 15) is 9.59 Å². The average molecular weight is 397 g/mol. The minimum atomic E-state index is -0.775. The molecular formula is C18H28N4O4S. The van der Waals surface area contributed by atoms with Crippen LogP contribution in [0.2, 0.25) is 0 Å². The molecule has 27 heavy (non-hydrogen) atoms. The van der Waals surface area contributed by atoms with Gasteiger partial charge in [-0.25, -0.2) is 4.98 Å². The Hall–Kier alpha value is -1.58. The van der Waals surface area contributed by atoms with E-state index in [0.29, 0.717) is 32.1 Å². The van der Waals surface area contributed by atoms with E-state index in [-0.39, 0.29) is 23.2 Å². The summed E-state index contributed by atoms with van der Waals surface area (Å²) in [5.41, 5.74) is 0. The number of aryl methyl sites for hydroxylation is 1. The summed E-state index contributed by atoms with van der Waals surface area (Å²) < 4.78 is 13.0. The smallest absolute Gasteiger partial charge is 0.251 e. The molecule has 0 bridgehead atoms. The van der Waals surface area contributed by atoms with Gasteiger partial charge < -0.3 is 24.3 Å². The molecule has 0 aromatic carbocycles. The number of hydrogen-bond acceptors (Lipinski definition) is 6. The summed E-state index contributed by atoms with van der Waals surface area (Å²) in [6.07, 6.45) is 6.58. The second kappa shape index (κ2) is 8.62. The first-order valence-electron chi connectivity index (χ1n) is 9.30. The first-order valence-corrected chi connectivity index (χ1v) is 10.5. The average Bonchev–Trinajstić information content (AvgIpc) is 3.12. The van der Waals surface area contributed by atoms with Gasteiger partial charge in [0, 0.05) is 50.5 Å². The molecule has 0 spiro atoms.